The summed E-state index contributed by atoms with van der Waals surface area (Å²) in [7, 11) is 0. The Kier molecular flexibility index (Phi) is 10.3. The molecule has 3 N–H and O–H groups in total. The number of carbonyl (C=O) groups is 1. The molecule has 0 saturated heterocycles. The molecule has 0 spiro atoms. The van der Waals surface area contributed by atoms with Crippen LogP contribution in [-0.2, 0) is 17.5 Å². The van der Waals surface area contributed by atoms with Gasteiger partial charge < -0.3 is 15.8 Å². The Morgan fingerprint density at radius 2 is 2.00 bits per heavy atom. The first-order valence-electron chi connectivity index (χ1n) is 7.54. The minimum Gasteiger partial charge on any atom is -0.491 e. The van der Waals surface area contributed by atoms with E-state index in [2.05, 4.69) is 5.32 Å². The molecule has 0 aliphatic rings. The Labute approximate surface area is 156 Å². The molecule has 25 heavy (non-hydrogen) atoms. The first kappa shape index (κ1) is 23.9. The van der Waals surface area contributed by atoms with E-state index in [0.29, 0.717) is 12.2 Å². The SMILES string of the molecule is CSCC[C@H](N)C(=O)NCc1ccc(OC(C)C)cc1C(F)(F)F.Cl. The topological polar surface area (TPSA) is 64.4 Å². The summed E-state index contributed by atoms with van der Waals surface area (Å²) < 4.78 is 45.0. The van der Waals surface area contributed by atoms with E-state index in [9.17, 15) is 18.0 Å². The van der Waals surface area contributed by atoms with Crippen LogP contribution in [-0.4, -0.2) is 30.1 Å². The number of alkyl halides is 3. The molecule has 0 heterocycles. The van der Waals surface area contributed by atoms with Crippen LogP contribution in [0.1, 0.15) is 31.4 Å². The summed E-state index contributed by atoms with van der Waals surface area (Å²) in [6.45, 7) is 3.23. The molecule has 144 valence electrons. The number of carbonyl (C=O) groups excluding carboxylic acids is 1. The molecule has 0 aliphatic heterocycles. The van der Waals surface area contributed by atoms with Gasteiger partial charge in [-0.3, -0.25) is 4.79 Å². The molecule has 1 aromatic rings. The van der Waals surface area contributed by atoms with Crippen LogP contribution in [0.5, 0.6) is 5.75 Å². The second kappa shape index (κ2) is 10.8. The zero-order chi connectivity index (χ0) is 18.3. The van der Waals surface area contributed by atoms with Crippen LogP contribution in [0.2, 0.25) is 0 Å². The fourth-order valence-electron chi connectivity index (χ4n) is 2.01. The maximum absolute atomic E-state index is 13.2. The third-order valence-electron chi connectivity index (χ3n) is 3.18. The van der Waals surface area contributed by atoms with E-state index in [1.54, 1.807) is 25.6 Å². The fourth-order valence-corrected chi connectivity index (χ4v) is 2.50. The predicted octanol–water partition coefficient (Wildman–Crippen LogP) is 3.61. The van der Waals surface area contributed by atoms with Gasteiger partial charge in [0.25, 0.3) is 0 Å². The van der Waals surface area contributed by atoms with Crippen molar-refractivity contribution < 1.29 is 22.7 Å². The number of hydrogen-bond donors (Lipinski definition) is 2. The van der Waals surface area contributed by atoms with Crippen molar-refractivity contribution in [2.45, 2.75) is 45.1 Å². The van der Waals surface area contributed by atoms with Crippen molar-refractivity contribution in [2.24, 2.45) is 5.73 Å². The normalized spacial score (nSPS) is 12.5. The summed E-state index contributed by atoms with van der Waals surface area (Å²) in [5.74, 6) is 0.396. The molecule has 1 rings (SSSR count). The largest absolute Gasteiger partial charge is 0.491 e. The van der Waals surface area contributed by atoms with Crippen LogP contribution in [0.15, 0.2) is 18.2 Å². The van der Waals surface area contributed by atoms with Crippen LogP contribution in [0, 0.1) is 0 Å². The number of rotatable bonds is 8. The number of benzene rings is 1. The molecule has 1 aromatic carbocycles. The number of nitrogens with one attached hydrogen (secondary N) is 1. The average Bonchev–Trinajstić information content (AvgIpc) is 2.49. The van der Waals surface area contributed by atoms with Crippen LogP contribution < -0.4 is 15.8 Å². The lowest BCUT2D eigenvalue weighted by molar-refractivity contribution is -0.138. The standard InChI is InChI=1S/C16H23F3N2O2S.ClH/c1-10(2)23-12-5-4-11(13(8-12)16(17,18)19)9-21-15(22)14(20)6-7-24-3;/h4-5,8,10,14H,6-7,9,20H2,1-3H3,(H,21,22);1H/t14-;/m0./s1. The Hall–Kier alpha value is -1.12. The fraction of sp³-hybridized carbons (Fsp3) is 0.562. The van der Waals surface area contributed by atoms with E-state index in [4.69, 9.17) is 10.5 Å². The Morgan fingerprint density at radius 3 is 2.52 bits per heavy atom. The lowest BCUT2D eigenvalue weighted by Gasteiger charge is -2.17. The molecule has 0 bridgehead atoms. The molecule has 1 atom stereocenters. The predicted molar refractivity (Wildman–Crippen MR) is 97.3 cm³/mol. The molecular weight excluding hydrogens is 377 g/mol. The van der Waals surface area contributed by atoms with E-state index in [1.165, 1.54) is 12.1 Å². The van der Waals surface area contributed by atoms with Gasteiger partial charge in [-0.15, -0.1) is 12.4 Å². The molecule has 0 radical (unpaired) electrons. The highest BCUT2D eigenvalue weighted by molar-refractivity contribution is 7.98. The van der Waals surface area contributed by atoms with Crippen LogP contribution in [0.4, 0.5) is 13.2 Å². The molecule has 0 aromatic heterocycles. The third-order valence-corrected chi connectivity index (χ3v) is 3.83. The zero-order valence-electron chi connectivity index (χ0n) is 14.4. The minimum absolute atomic E-state index is 0. The number of amides is 1. The third kappa shape index (κ3) is 8.20. The highest BCUT2D eigenvalue weighted by Gasteiger charge is 2.34. The molecular formula is C16H24ClF3N2O2S. The first-order chi connectivity index (χ1) is 11.1. The van der Waals surface area contributed by atoms with Crippen molar-refractivity contribution in [1.29, 1.82) is 0 Å². The van der Waals surface area contributed by atoms with E-state index in [1.807, 2.05) is 6.26 Å². The van der Waals surface area contributed by atoms with Crippen molar-refractivity contribution in [3.63, 3.8) is 0 Å². The highest BCUT2D eigenvalue weighted by Crippen LogP contribution is 2.34. The Bertz CT molecular complexity index is 557. The molecule has 0 saturated carbocycles. The average molecular weight is 401 g/mol. The van der Waals surface area contributed by atoms with Crippen molar-refractivity contribution in [1.82, 2.24) is 5.32 Å². The number of halogens is 4. The highest BCUT2D eigenvalue weighted by atomic mass is 35.5. The maximum atomic E-state index is 13.2. The molecule has 1 amide bonds. The number of thioether (sulfide) groups is 1. The second-order valence-corrected chi connectivity index (χ2v) is 6.57. The number of ether oxygens (including phenoxy) is 1. The van der Waals surface area contributed by atoms with Gasteiger partial charge in [0.2, 0.25) is 5.91 Å². The quantitative estimate of drug-likeness (QED) is 0.699. The van der Waals surface area contributed by atoms with Gasteiger partial charge in [0, 0.05) is 6.54 Å². The summed E-state index contributed by atoms with van der Waals surface area (Å²) in [4.78, 5) is 11.8. The lowest BCUT2D eigenvalue weighted by atomic mass is 10.1. The lowest BCUT2D eigenvalue weighted by Crippen LogP contribution is -2.40. The number of nitrogens with two attached hydrogens (primary N) is 1. The van der Waals surface area contributed by atoms with Crippen molar-refractivity contribution in [3.8, 4) is 5.75 Å². The summed E-state index contributed by atoms with van der Waals surface area (Å²) in [6, 6.07) is 3.00. The van der Waals surface area contributed by atoms with Crippen molar-refractivity contribution >= 4 is 30.1 Å². The van der Waals surface area contributed by atoms with Crippen LogP contribution in [0.25, 0.3) is 0 Å². The van der Waals surface area contributed by atoms with E-state index in [-0.39, 0.29) is 36.4 Å². The van der Waals surface area contributed by atoms with Gasteiger partial charge in [0.15, 0.2) is 0 Å². The minimum atomic E-state index is -4.53. The summed E-state index contributed by atoms with van der Waals surface area (Å²) in [6.07, 6.45) is -2.40. The molecule has 0 fully saturated rings. The number of hydrogen-bond acceptors (Lipinski definition) is 4. The molecule has 0 aliphatic carbocycles. The second-order valence-electron chi connectivity index (χ2n) is 5.59. The van der Waals surface area contributed by atoms with Gasteiger partial charge in [-0.2, -0.15) is 24.9 Å². The van der Waals surface area contributed by atoms with Crippen LogP contribution in [0.3, 0.4) is 0 Å². The zero-order valence-corrected chi connectivity index (χ0v) is 16.0. The van der Waals surface area contributed by atoms with E-state index < -0.39 is 23.7 Å². The Morgan fingerprint density at radius 1 is 1.36 bits per heavy atom. The van der Waals surface area contributed by atoms with Crippen LogP contribution >= 0.6 is 24.2 Å². The smallest absolute Gasteiger partial charge is 0.416 e. The van der Waals surface area contributed by atoms with Crippen molar-refractivity contribution in [3.05, 3.63) is 29.3 Å². The van der Waals surface area contributed by atoms with E-state index in [0.717, 1.165) is 6.07 Å². The maximum Gasteiger partial charge on any atom is 0.416 e. The van der Waals surface area contributed by atoms with Crippen molar-refractivity contribution in [2.75, 3.05) is 12.0 Å². The van der Waals surface area contributed by atoms with Gasteiger partial charge in [-0.1, -0.05) is 6.07 Å². The summed E-state index contributed by atoms with van der Waals surface area (Å²) >= 11 is 1.55. The van der Waals surface area contributed by atoms with Gasteiger partial charge in [-0.05, 0) is 50.0 Å². The molecule has 4 nitrogen and oxygen atoms in total. The van der Waals surface area contributed by atoms with Gasteiger partial charge in [0.1, 0.15) is 5.75 Å². The van der Waals surface area contributed by atoms with Gasteiger partial charge in [0.05, 0.1) is 17.7 Å². The summed E-state index contributed by atoms with van der Waals surface area (Å²) in [5.41, 5.74) is 4.86. The van der Waals surface area contributed by atoms with Gasteiger partial charge in [-0.25, -0.2) is 0 Å². The van der Waals surface area contributed by atoms with Gasteiger partial charge >= 0.3 is 6.18 Å². The monoisotopic (exact) mass is 400 g/mol. The first-order valence-corrected chi connectivity index (χ1v) is 8.93. The summed E-state index contributed by atoms with van der Waals surface area (Å²) in [5, 5.41) is 2.47. The Balaban J connectivity index is 0.00000576. The van der Waals surface area contributed by atoms with E-state index >= 15 is 0 Å². The molecule has 9 heteroatoms. The molecule has 0 unspecified atom stereocenters.